The third-order valence-electron chi connectivity index (χ3n) is 3.89. The number of halogens is 2. The van der Waals surface area contributed by atoms with Gasteiger partial charge < -0.3 is 15.5 Å². The van der Waals surface area contributed by atoms with Gasteiger partial charge in [-0.05, 0) is 31.0 Å². The average Bonchev–Trinajstić information content (AvgIpc) is 2.50. The summed E-state index contributed by atoms with van der Waals surface area (Å²) in [4.78, 5) is 14.4. The number of piperazine rings is 1. The van der Waals surface area contributed by atoms with E-state index in [9.17, 15) is 4.79 Å². The lowest BCUT2D eigenvalue weighted by molar-refractivity contribution is 0.147. The standard InChI is InChI=1S/C15H21Cl2N3O/c1-3-11-9-20(12(4-2)8-18-11)15(21)19-14-7-10(16)5-6-13(14)17/h5-7,11-12,18H,3-4,8-9H2,1-2H3,(H,19,21). The Labute approximate surface area is 135 Å². The Bertz CT molecular complexity index is 510. The van der Waals surface area contributed by atoms with Gasteiger partial charge in [-0.3, -0.25) is 0 Å². The molecule has 1 heterocycles. The van der Waals surface area contributed by atoms with Gasteiger partial charge >= 0.3 is 6.03 Å². The van der Waals surface area contributed by atoms with Crippen LogP contribution in [0.4, 0.5) is 10.5 Å². The van der Waals surface area contributed by atoms with Gasteiger partial charge in [0, 0.05) is 30.2 Å². The minimum Gasteiger partial charge on any atom is -0.319 e. The maximum absolute atomic E-state index is 12.5. The largest absolute Gasteiger partial charge is 0.322 e. The molecule has 0 spiro atoms. The SMILES string of the molecule is CCC1CN(C(=O)Nc2cc(Cl)ccc2Cl)C(CC)CN1. The second-order valence-corrected chi connectivity index (χ2v) is 6.13. The molecule has 21 heavy (non-hydrogen) atoms. The number of nitrogens with zero attached hydrogens (tertiary/aromatic N) is 1. The second-order valence-electron chi connectivity index (χ2n) is 5.28. The average molecular weight is 330 g/mol. The first-order valence-electron chi connectivity index (χ1n) is 7.31. The Kier molecular flexibility index (Phi) is 5.73. The zero-order valence-electron chi connectivity index (χ0n) is 12.3. The lowest BCUT2D eigenvalue weighted by Crippen LogP contribution is -2.58. The zero-order valence-corrected chi connectivity index (χ0v) is 13.8. The van der Waals surface area contributed by atoms with Gasteiger partial charge in [-0.2, -0.15) is 0 Å². The van der Waals surface area contributed by atoms with Gasteiger partial charge in [0.2, 0.25) is 0 Å². The van der Waals surface area contributed by atoms with E-state index in [1.807, 2.05) is 4.90 Å². The topological polar surface area (TPSA) is 44.4 Å². The molecule has 0 radical (unpaired) electrons. The highest BCUT2D eigenvalue weighted by molar-refractivity contribution is 6.35. The molecule has 2 N–H and O–H groups in total. The molecule has 0 saturated carbocycles. The number of hydrogen-bond acceptors (Lipinski definition) is 2. The van der Waals surface area contributed by atoms with Crippen LogP contribution in [0.5, 0.6) is 0 Å². The molecular weight excluding hydrogens is 309 g/mol. The zero-order chi connectivity index (χ0) is 15.4. The van der Waals surface area contributed by atoms with Crippen LogP contribution in [-0.4, -0.2) is 36.1 Å². The molecule has 4 nitrogen and oxygen atoms in total. The van der Waals surface area contributed by atoms with Gasteiger partial charge in [0.15, 0.2) is 0 Å². The van der Waals surface area contributed by atoms with Gasteiger partial charge in [-0.25, -0.2) is 4.79 Å². The fourth-order valence-corrected chi connectivity index (χ4v) is 2.87. The van der Waals surface area contributed by atoms with E-state index < -0.39 is 0 Å². The summed E-state index contributed by atoms with van der Waals surface area (Å²) in [6, 6.07) is 5.47. The Balaban J connectivity index is 2.11. The van der Waals surface area contributed by atoms with Crippen molar-refractivity contribution in [1.29, 1.82) is 0 Å². The first kappa shape index (κ1) is 16.4. The molecule has 1 aromatic carbocycles. The molecule has 2 amide bonds. The summed E-state index contributed by atoms with van der Waals surface area (Å²) < 4.78 is 0. The van der Waals surface area contributed by atoms with E-state index in [0.29, 0.717) is 28.3 Å². The number of urea groups is 1. The maximum Gasteiger partial charge on any atom is 0.322 e. The number of amides is 2. The molecule has 2 unspecified atom stereocenters. The third-order valence-corrected chi connectivity index (χ3v) is 4.46. The quantitative estimate of drug-likeness (QED) is 0.880. The molecule has 1 aromatic rings. The Morgan fingerprint density at radius 2 is 2.14 bits per heavy atom. The molecule has 1 aliphatic rings. The van der Waals surface area contributed by atoms with Crippen molar-refractivity contribution in [3.63, 3.8) is 0 Å². The monoisotopic (exact) mass is 329 g/mol. The van der Waals surface area contributed by atoms with Crippen molar-refractivity contribution in [2.75, 3.05) is 18.4 Å². The van der Waals surface area contributed by atoms with Crippen molar-refractivity contribution in [3.8, 4) is 0 Å². The summed E-state index contributed by atoms with van der Waals surface area (Å²) in [5, 5.41) is 7.38. The summed E-state index contributed by atoms with van der Waals surface area (Å²) in [6.07, 6.45) is 1.91. The fourth-order valence-electron chi connectivity index (χ4n) is 2.53. The smallest absolute Gasteiger partial charge is 0.319 e. The number of rotatable bonds is 3. The predicted molar refractivity (Wildman–Crippen MR) is 88.3 cm³/mol. The highest BCUT2D eigenvalue weighted by Gasteiger charge is 2.29. The van der Waals surface area contributed by atoms with Gasteiger partial charge in [-0.1, -0.05) is 37.0 Å². The van der Waals surface area contributed by atoms with Crippen LogP contribution in [0.2, 0.25) is 10.0 Å². The molecule has 1 fully saturated rings. The first-order chi connectivity index (χ1) is 10.0. The summed E-state index contributed by atoms with van der Waals surface area (Å²) in [5.41, 5.74) is 0.551. The van der Waals surface area contributed by atoms with Crippen molar-refractivity contribution in [2.24, 2.45) is 0 Å². The van der Waals surface area contributed by atoms with Crippen molar-refractivity contribution < 1.29 is 4.79 Å². The molecule has 1 saturated heterocycles. The summed E-state index contributed by atoms with van der Waals surface area (Å²) >= 11 is 12.1. The van der Waals surface area contributed by atoms with Crippen LogP contribution >= 0.6 is 23.2 Å². The van der Waals surface area contributed by atoms with Crippen molar-refractivity contribution in [2.45, 2.75) is 38.8 Å². The van der Waals surface area contributed by atoms with Crippen LogP contribution in [0.1, 0.15) is 26.7 Å². The minimum atomic E-state index is -0.119. The summed E-state index contributed by atoms with van der Waals surface area (Å²) in [7, 11) is 0. The molecule has 0 aromatic heterocycles. The number of carbonyl (C=O) groups excluding carboxylic acids is 1. The lowest BCUT2D eigenvalue weighted by atomic mass is 10.1. The number of hydrogen-bond donors (Lipinski definition) is 2. The van der Waals surface area contributed by atoms with Crippen LogP contribution in [0.25, 0.3) is 0 Å². The Hall–Kier alpha value is -0.970. The molecule has 0 bridgehead atoms. The van der Waals surface area contributed by atoms with Crippen molar-refractivity contribution in [3.05, 3.63) is 28.2 Å². The summed E-state index contributed by atoms with van der Waals surface area (Å²) in [5.74, 6) is 0. The van der Waals surface area contributed by atoms with Crippen LogP contribution in [-0.2, 0) is 0 Å². The number of nitrogens with one attached hydrogen (secondary N) is 2. The van der Waals surface area contributed by atoms with E-state index in [0.717, 1.165) is 19.4 Å². The predicted octanol–water partition coefficient (Wildman–Crippen LogP) is 3.99. The van der Waals surface area contributed by atoms with Crippen LogP contribution < -0.4 is 10.6 Å². The van der Waals surface area contributed by atoms with E-state index in [1.54, 1.807) is 18.2 Å². The number of benzene rings is 1. The molecule has 116 valence electrons. The molecular formula is C15H21Cl2N3O. The fraction of sp³-hybridized carbons (Fsp3) is 0.533. The van der Waals surface area contributed by atoms with E-state index in [-0.39, 0.29) is 12.1 Å². The normalized spacial score (nSPS) is 22.2. The molecule has 0 aliphatic carbocycles. The maximum atomic E-state index is 12.5. The van der Waals surface area contributed by atoms with E-state index >= 15 is 0 Å². The van der Waals surface area contributed by atoms with Crippen LogP contribution in [0, 0.1) is 0 Å². The third kappa shape index (κ3) is 4.02. The van der Waals surface area contributed by atoms with Crippen molar-refractivity contribution in [1.82, 2.24) is 10.2 Å². The van der Waals surface area contributed by atoms with Gasteiger partial charge in [-0.15, -0.1) is 0 Å². The van der Waals surface area contributed by atoms with E-state index in [1.165, 1.54) is 0 Å². The number of carbonyl (C=O) groups is 1. The Morgan fingerprint density at radius 3 is 2.81 bits per heavy atom. The summed E-state index contributed by atoms with van der Waals surface area (Å²) in [6.45, 7) is 5.74. The molecule has 2 atom stereocenters. The highest BCUT2D eigenvalue weighted by atomic mass is 35.5. The Morgan fingerprint density at radius 1 is 1.38 bits per heavy atom. The van der Waals surface area contributed by atoms with Crippen LogP contribution in [0.15, 0.2) is 18.2 Å². The van der Waals surface area contributed by atoms with Gasteiger partial charge in [0.25, 0.3) is 0 Å². The number of anilines is 1. The van der Waals surface area contributed by atoms with Crippen LogP contribution in [0.3, 0.4) is 0 Å². The lowest BCUT2D eigenvalue weighted by Gasteiger charge is -2.39. The molecule has 1 aliphatic heterocycles. The minimum absolute atomic E-state index is 0.119. The molecule has 6 heteroatoms. The van der Waals surface area contributed by atoms with Gasteiger partial charge in [0.1, 0.15) is 0 Å². The first-order valence-corrected chi connectivity index (χ1v) is 8.06. The van der Waals surface area contributed by atoms with Gasteiger partial charge in [0.05, 0.1) is 10.7 Å². The molecule has 2 rings (SSSR count). The van der Waals surface area contributed by atoms with E-state index in [4.69, 9.17) is 23.2 Å². The highest BCUT2D eigenvalue weighted by Crippen LogP contribution is 2.26. The second kappa shape index (κ2) is 7.34. The van der Waals surface area contributed by atoms with E-state index in [2.05, 4.69) is 24.5 Å². The van der Waals surface area contributed by atoms with Crippen molar-refractivity contribution >= 4 is 34.9 Å².